The van der Waals surface area contributed by atoms with Gasteiger partial charge in [0.05, 0.1) is 17.0 Å². The van der Waals surface area contributed by atoms with Crippen LogP contribution in [0.2, 0.25) is 0 Å². The molecule has 2 aromatic carbocycles. The van der Waals surface area contributed by atoms with Crippen molar-refractivity contribution in [1.82, 2.24) is 10.2 Å². The van der Waals surface area contributed by atoms with Crippen molar-refractivity contribution in [3.05, 3.63) is 65.2 Å². The van der Waals surface area contributed by atoms with Gasteiger partial charge in [0.15, 0.2) is 0 Å². The molecule has 21 heavy (non-hydrogen) atoms. The zero-order chi connectivity index (χ0) is 14.4. The number of aromatic carboxylic acids is 1. The fourth-order valence-electron chi connectivity index (χ4n) is 2.97. The summed E-state index contributed by atoms with van der Waals surface area (Å²) >= 11 is 0. The maximum atomic E-state index is 11.4. The molecule has 0 atom stereocenters. The van der Waals surface area contributed by atoms with Gasteiger partial charge in [-0.05, 0) is 11.6 Å². The maximum Gasteiger partial charge on any atom is 0.336 e. The van der Waals surface area contributed by atoms with Gasteiger partial charge < -0.3 is 5.11 Å². The minimum atomic E-state index is -0.933. The molecule has 0 bridgehead atoms. The quantitative estimate of drug-likeness (QED) is 0.590. The third-order valence-electron chi connectivity index (χ3n) is 3.93. The number of hydrogen-bond acceptors (Lipinski definition) is 2. The summed E-state index contributed by atoms with van der Waals surface area (Å²) < 4.78 is 0. The number of rotatable bonds is 2. The molecule has 4 rings (SSSR count). The Morgan fingerprint density at radius 1 is 1.05 bits per heavy atom. The van der Waals surface area contributed by atoms with Gasteiger partial charge in [0.25, 0.3) is 0 Å². The van der Waals surface area contributed by atoms with Gasteiger partial charge in [0.1, 0.15) is 0 Å². The van der Waals surface area contributed by atoms with Crippen LogP contribution in [-0.2, 0) is 6.42 Å². The number of carbonyl (C=O) groups is 1. The lowest BCUT2D eigenvalue weighted by Gasteiger charge is -2.04. The SMILES string of the molecule is O=C(O)c1ccccc1-c1n[nH]c2c1Cc1ccccc1-2. The lowest BCUT2D eigenvalue weighted by atomic mass is 10.0. The number of fused-ring (bicyclic) bond motifs is 3. The van der Waals surface area contributed by atoms with Crippen molar-refractivity contribution >= 4 is 5.97 Å². The highest BCUT2D eigenvalue weighted by molar-refractivity contribution is 5.97. The highest BCUT2D eigenvalue weighted by Gasteiger charge is 2.26. The Kier molecular flexibility index (Phi) is 2.44. The molecule has 0 saturated carbocycles. The summed E-state index contributed by atoms with van der Waals surface area (Å²) in [4.78, 5) is 11.4. The minimum Gasteiger partial charge on any atom is -0.478 e. The number of nitrogens with zero attached hydrogens (tertiary/aromatic N) is 1. The first-order chi connectivity index (χ1) is 10.3. The molecule has 1 heterocycles. The Labute approximate surface area is 121 Å². The fourth-order valence-corrected chi connectivity index (χ4v) is 2.97. The summed E-state index contributed by atoms with van der Waals surface area (Å²) in [7, 11) is 0. The highest BCUT2D eigenvalue weighted by atomic mass is 16.4. The predicted molar refractivity (Wildman–Crippen MR) is 79.2 cm³/mol. The molecular formula is C17H12N2O2. The van der Waals surface area contributed by atoms with Crippen LogP contribution in [-0.4, -0.2) is 21.3 Å². The molecule has 0 radical (unpaired) electrons. The van der Waals surface area contributed by atoms with E-state index in [1.165, 1.54) is 5.56 Å². The Hall–Kier alpha value is -2.88. The summed E-state index contributed by atoms with van der Waals surface area (Å²) in [5.41, 5.74) is 6.15. The molecule has 1 aromatic heterocycles. The third kappa shape index (κ3) is 1.69. The summed E-state index contributed by atoms with van der Waals surface area (Å²) in [6.07, 6.45) is 0.783. The van der Waals surface area contributed by atoms with Gasteiger partial charge >= 0.3 is 5.97 Å². The van der Waals surface area contributed by atoms with Gasteiger partial charge in [-0.2, -0.15) is 5.10 Å². The van der Waals surface area contributed by atoms with Crippen LogP contribution in [0.3, 0.4) is 0 Å². The van der Waals surface area contributed by atoms with Crippen LogP contribution in [0.1, 0.15) is 21.5 Å². The van der Waals surface area contributed by atoms with Gasteiger partial charge in [-0.3, -0.25) is 5.10 Å². The zero-order valence-electron chi connectivity index (χ0n) is 11.1. The van der Waals surface area contributed by atoms with Crippen LogP contribution in [0.4, 0.5) is 0 Å². The van der Waals surface area contributed by atoms with Gasteiger partial charge in [-0.15, -0.1) is 0 Å². The third-order valence-corrected chi connectivity index (χ3v) is 3.93. The number of hydrogen-bond donors (Lipinski definition) is 2. The van der Waals surface area contributed by atoms with Crippen molar-refractivity contribution in [3.63, 3.8) is 0 Å². The number of carboxylic acid groups (broad SMARTS) is 1. The number of aromatic amines is 1. The van der Waals surface area contributed by atoms with E-state index in [9.17, 15) is 9.90 Å². The number of benzene rings is 2. The minimum absolute atomic E-state index is 0.280. The maximum absolute atomic E-state index is 11.4. The molecular weight excluding hydrogens is 264 g/mol. The number of aromatic nitrogens is 2. The summed E-state index contributed by atoms with van der Waals surface area (Å²) in [6, 6.07) is 15.2. The topological polar surface area (TPSA) is 66.0 Å². The number of carboxylic acids is 1. The van der Waals surface area contributed by atoms with Crippen LogP contribution >= 0.6 is 0 Å². The second-order valence-corrected chi connectivity index (χ2v) is 5.11. The number of nitrogens with one attached hydrogen (secondary N) is 1. The van der Waals surface area contributed by atoms with Crippen molar-refractivity contribution in [2.24, 2.45) is 0 Å². The average Bonchev–Trinajstić information content (AvgIpc) is 3.06. The Bertz CT molecular complexity index is 865. The van der Waals surface area contributed by atoms with Crippen molar-refractivity contribution in [2.45, 2.75) is 6.42 Å². The lowest BCUT2D eigenvalue weighted by Crippen LogP contribution is -2.00. The fraction of sp³-hybridized carbons (Fsp3) is 0.0588. The average molecular weight is 276 g/mol. The molecule has 4 heteroatoms. The van der Waals surface area contributed by atoms with Gasteiger partial charge in [0, 0.05) is 23.1 Å². The van der Waals surface area contributed by atoms with E-state index in [2.05, 4.69) is 22.3 Å². The Balaban J connectivity index is 1.91. The Morgan fingerprint density at radius 2 is 1.76 bits per heavy atom. The van der Waals surface area contributed by atoms with Crippen LogP contribution in [0, 0.1) is 0 Å². The molecule has 3 aromatic rings. The first kappa shape index (κ1) is 11.9. The molecule has 0 unspecified atom stereocenters. The molecule has 2 N–H and O–H groups in total. The van der Waals surface area contributed by atoms with Crippen molar-refractivity contribution in [3.8, 4) is 22.5 Å². The first-order valence-corrected chi connectivity index (χ1v) is 6.74. The Morgan fingerprint density at radius 3 is 2.57 bits per heavy atom. The largest absolute Gasteiger partial charge is 0.478 e. The van der Waals surface area contributed by atoms with E-state index in [1.54, 1.807) is 12.1 Å². The van der Waals surface area contributed by atoms with E-state index in [4.69, 9.17) is 0 Å². The monoisotopic (exact) mass is 276 g/mol. The standard InChI is InChI=1S/C17H12N2O2/c20-17(21)13-8-4-3-7-12(13)16-14-9-10-5-1-2-6-11(10)15(14)18-19-16/h1-8H,9H2,(H,18,19)(H,20,21). The summed E-state index contributed by atoms with van der Waals surface area (Å²) in [5.74, 6) is -0.933. The van der Waals surface area contributed by atoms with E-state index in [-0.39, 0.29) is 5.56 Å². The van der Waals surface area contributed by atoms with Crippen LogP contribution in [0.25, 0.3) is 22.5 Å². The van der Waals surface area contributed by atoms with E-state index >= 15 is 0 Å². The zero-order valence-corrected chi connectivity index (χ0v) is 11.1. The summed E-state index contributed by atoms with van der Waals surface area (Å²) in [6.45, 7) is 0. The molecule has 0 saturated heterocycles. The van der Waals surface area contributed by atoms with Crippen molar-refractivity contribution < 1.29 is 9.90 Å². The molecule has 0 amide bonds. The normalized spacial score (nSPS) is 12.0. The van der Waals surface area contributed by atoms with Crippen LogP contribution in [0.15, 0.2) is 48.5 Å². The molecule has 1 aliphatic carbocycles. The molecule has 0 fully saturated rings. The van der Waals surface area contributed by atoms with Crippen molar-refractivity contribution in [1.29, 1.82) is 0 Å². The van der Waals surface area contributed by atoms with Crippen LogP contribution < -0.4 is 0 Å². The molecule has 0 aliphatic heterocycles. The van der Waals surface area contributed by atoms with E-state index in [0.29, 0.717) is 5.56 Å². The highest BCUT2D eigenvalue weighted by Crippen LogP contribution is 2.40. The smallest absolute Gasteiger partial charge is 0.336 e. The lowest BCUT2D eigenvalue weighted by molar-refractivity contribution is 0.0697. The van der Waals surface area contributed by atoms with E-state index in [0.717, 1.165) is 28.9 Å². The second kappa shape index (κ2) is 4.31. The molecule has 4 nitrogen and oxygen atoms in total. The first-order valence-electron chi connectivity index (χ1n) is 6.74. The second-order valence-electron chi connectivity index (χ2n) is 5.11. The molecule has 102 valence electrons. The van der Waals surface area contributed by atoms with Gasteiger partial charge in [-0.25, -0.2) is 4.79 Å². The van der Waals surface area contributed by atoms with E-state index < -0.39 is 5.97 Å². The van der Waals surface area contributed by atoms with Gasteiger partial charge in [-0.1, -0.05) is 42.5 Å². The predicted octanol–water partition coefficient (Wildman–Crippen LogP) is 3.35. The molecule has 0 spiro atoms. The molecule has 1 aliphatic rings. The van der Waals surface area contributed by atoms with Crippen molar-refractivity contribution in [2.75, 3.05) is 0 Å². The van der Waals surface area contributed by atoms with Gasteiger partial charge in [0.2, 0.25) is 0 Å². The van der Waals surface area contributed by atoms with E-state index in [1.807, 2.05) is 24.3 Å². The van der Waals surface area contributed by atoms with Crippen LogP contribution in [0.5, 0.6) is 0 Å². The summed E-state index contributed by atoms with van der Waals surface area (Å²) in [5, 5.41) is 16.8. The number of H-pyrrole nitrogens is 1.